The topological polar surface area (TPSA) is 38.9 Å². The summed E-state index contributed by atoms with van der Waals surface area (Å²) in [4.78, 5) is 10.1. The van der Waals surface area contributed by atoms with Gasteiger partial charge in [-0.05, 0) is 51.1 Å². The highest BCUT2D eigenvalue weighted by molar-refractivity contribution is 6.04. The van der Waals surface area contributed by atoms with E-state index in [4.69, 9.17) is 14.4 Å². The molecule has 3 heteroatoms. The minimum atomic E-state index is -0.483. The molecule has 0 bridgehead atoms. The van der Waals surface area contributed by atoms with Crippen LogP contribution in [0.5, 0.6) is 0 Å². The lowest BCUT2D eigenvalue weighted by molar-refractivity contribution is 0.628. The molecule has 2 heterocycles. The van der Waals surface area contributed by atoms with Crippen LogP contribution in [-0.2, 0) is 5.41 Å². The summed E-state index contributed by atoms with van der Waals surface area (Å²) in [6, 6.07) is 64.6. The van der Waals surface area contributed by atoms with E-state index in [9.17, 15) is 0 Å². The number of rotatable bonds is 4. The molecule has 9 aromatic rings. The van der Waals surface area contributed by atoms with Gasteiger partial charge in [-0.1, -0.05) is 170 Å². The molecule has 1 spiro atoms. The first-order chi connectivity index (χ1) is 25.8. The van der Waals surface area contributed by atoms with E-state index in [1.54, 1.807) is 0 Å². The van der Waals surface area contributed by atoms with Gasteiger partial charge in [0.15, 0.2) is 5.82 Å². The Morgan fingerprint density at radius 2 is 0.942 bits per heavy atom. The number of hydrogen-bond acceptors (Lipinski definition) is 3. The monoisotopic (exact) mass is 662 g/mol. The normalized spacial score (nSPS) is 15.0. The fourth-order valence-electron chi connectivity index (χ4n) is 8.77. The minimum Gasteiger partial charge on any atom is -0.456 e. The second-order valence-corrected chi connectivity index (χ2v) is 13.6. The Bertz CT molecular complexity index is 2780. The second kappa shape index (κ2) is 11.1. The van der Waals surface area contributed by atoms with E-state index in [0.717, 1.165) is 45.0 Å². The zero-order valence-electron chi connectivity index (χ0n) is 28.1. The number of benzene rings is 7. The van der Waals surface area contributed by atoms with Crippen molar-refractivity contribution in [3.05, 3.63) is 204 Å². The predicted molar refractivity (Wildman–Crippen MR) is 210 cm³/mol. The molecule has 2 aliphatic carbocycles. The molecule has 1 unspecified atom stereocenters. The Hall–Kier alpha value is -6.84. The molecule has 0 fully saturated rings. The van der Waals surface area contributed by atoms with Gasteiger partial charge in [0, 0.05) is 33.2 Å². The zero-order valence-corrected chi connectivity index (χ0v) is 28.1. The van der Waals surface area contributed by atoms with Gasteiger partial charge in [-0.15, -0.1) is 0 Å². The molecule has 2 aromatic heterocycles. The van der Waals surface area contributed by atoms with Gasteiger partial charge in [0.2, 0.25) is 0 Å². The fourth-order valence-corrected chi connectivity index (χ4v) is 8.77. The SMILES string of the molecule is c1ccc(-c2cc(-c3ccc(-c4cccc5c4-c4ccccc4C54c5ccccc5-c5oc6ccccc6c54)cc3)nc(-c3ccccc3)n2)cc1. The highest BCUT2D eigenvalue weighted by Crippen LogP contribution is 2.65. The minimum absolute atomic E-state index is 0.483. The molecular weight excluding hydrogens is 633 g/mol. The maximum atomic E-state index is 6.69. The van der Waals surface area contributed by atoms with Gasteiger partial charge in [0.1, 0.15) is 11.3 Å². The summed E-state index contributed by atoms with van der Waals surface area (Å²) in [6.45, 7) is 0. The average molecular weight is 663 g/mol. The average Bonchev–Trinajstić information content (AvgIpc) is 3.85. The summed E-state index contributed by atoms with van der Waals surface area (Å²) in [5.41, 5.74) is 16.5. The maximum Gasteiger partial charge on any atom is 0.160 e. The van der Waals surface area contributed by atoms with Gasteiger partial charge in [-0.2, -0.15) is 0 Å². The molecule has 0 N–H and O–H groups in total. The molecule has 7 aromatic carbocycles. The molecular formula is C49H30N2O. The molecule has 242 valence electrons. The van der Waals surface area contributed by atoms with E-state index in [2.05, 4.69) is 158 Å². The predicted octanol–water partition coefficient (Wildman–Crippen LogP) is 12.2. The van der Waals surface area contributed by atoms with Crippen LogP contribution in [0.25, 0.3) is 78.4 Å². The van der Waals surface area contributed by atoms with Crippen molar-refractivity contribution in [1.29, 1.82) is 0 Å². The number of para-hydroxylation sites is 1. The summed E-state index contributed by atoms with van der Waals surface area (Å²) in [6.07, 6.45) is 0. The molecule has 2 aliphatic rings. The third kappa shape index (κ3) is 4.02. The summed E-state index contributed by atoms with van der Waals surface area (Å²) in [5.74, 6) is 1.69. The third-order valence-electron chi connectivity index (χ3n) is 10.9. The number of nitrogens with zero attached hydrogens (tertiary/aromatic N) is 2. The third-order valence-corrected chi connectivity index (χ3v) is 10.9. The lowest BCUT2D eigenvalue weighted by Crippen LogP contribution is -2.25. The number of furan rings is 1. The van der Waals surface area contributed by atoms with E-state index in [1.807, 2.05) is 24.3 Å². The first-order valence-electron chi connectivity index (χ1n) is 17.7. The van der Waals surface area contributed by atoms with Gasteiger partial charge in [0.05, 0.1) is 16.8 Å². The molecule has 11 rings (SSSR count). The summed E-state index contributed by atoms with van der Waals surface area (Å²) >= 11 is 0. The first kappa shape index (κ1) is 28.9. The van der Waals surface area contributed by atoms with Crippen molar-refractivity contribution in [1.82, 2.24) is 9.97 Å². The van der Waals surface area contributed by atoms with Crippen molar-refractivity contribution in [2.75, 3.05) is 0 Å². The lowest BCUT2D eigenvalue weighted by Gasteiger charge is -2.30. The van der Waals surface area contributed by atoms with Crippen LogP contribution in [-0.4, -0.2) is 9.97 Å². The molecule has 0 aliphatic heterocycles. The van der Waals surface area contributed by atoms with Gasteiger partial charge < -0.3 is 4.42 Å². The van der Waals surface area contributed by atoms with Crippen molar-refractivity contribution < 1.29 is 4.42 Å². The zero-order chi connectivity index (χ0) is 34.2. The molecule has 0 amide bonds. The van der Waals surface area contributed by atoms with Crippen LogP contribution in [0.3, 0.4) is 0 Å². The van der Waals surface area contributed by atoms with Crippen molar-refractivity contribution in [3.63, 3.8) is 0 Å². The second-order valence-electron chi connectivity index (χ2n) is 13.6. The van der Waals surface area contributed by atoms with Crippen LogP contribution in [0.15, 0.2) is 186 Å². The Kier molecular flexibility index (Phi) is 6.17. The van der Waals surface area contributed by atoms with Crippen LogP contribution in [0.2, 0.25) is 0 Å². The van der Waals surface area contributed by atoms with Crippen LogP contribution in [0.4, 0.5) is 0 Å². The van der Waals surface area contributed by atoms with Crippen molar-refractivity contribution >= 4 is 11.0 Å². The highest BCUT2D eigenvalue weighted by atomic mass is 16.3. The van der Waals surface area contributed by atoms with E-state index >= 15 is 0 Å². The summed E-state index contributed by atoms with van der Waals surface area (Å²) in [7, 11) is 0. The van der Waals surface area contributed by atoms with Crippen molar-refractivity contribution in [2.24, 2.45) is 0 Å². The first-order valence-corrected chi connectivity index (χ1v) is 17.7. The van der Waals surface area contributed by atoms with Gasteiger partial charge >= 0.3 is 0 Å². The molecule has 52 heavy (non-hydrogen) atoms. The fraction of sp³-hybridized carbons (Fsp3) is 0.0204. The van der Waals surface area contributed by atoms with Gasteiger partial charge in [0.25, 0.3) is 0 Å². The van der Waals surface area contributed by atoms with Crippen LogP contribution in [0.1, 0.15) is 22.3 Å². The number of hydrogen-bond donors (Lipinski definition) is 0. The number of aromatic nitrogens is 2. The van der Waals surface area contributed by atoms with Crippen LogP contribution < -0.4 is 0 Å². The summed E-state index contributed by atoms with van der Waals surface area (Å²) in [5, 5.41) is 1.17. The van der Waals surface area contributed by atoms with Crippen LogP contribution >= 0.6 is 0 Å². The quantitative estimate of drug-likeness (QED) is 0.188. The van der Waals surface area contributed by atoms with Gasteiger partial charge in [-0.3, -0.25) is 0 Å². The van der Waals surface area contributed by atoms with E-state index < -0.39 is 5.41 Å². The molecule has 0 saturated heterocycles. The van der Waals surface area contributed by atoms with E-state index in [-0.39, 0.29) is 0 Å². The largest absolute Gasteiger partial charge is 0.456 e. The van der Waals surface area contributed by atoms with E-state index in [1.165, 1.54) is 49.9 Å². The Labute approximate surface area is 301 Å². The van der Waals surface area contributed by atoms with Crippen LogP contribution in [0, 0.1) is 0 Å². The Morgan fingerprint density at radius 1 is 0.404 bits per heavy atom. The smallest absolute Gasteiger partial charge is 0.160 e. The summed E-state index contributed by atoms with van der Waals surface area (Å²) < 4.78 is 6.69. The molecule has 1 atom stereocenters. The van der Waals surface area contributed by atoms with Crippen molar-refractivity contribution in [2.45, 2.75) is 5.41 Å². The van der Waals surface area contributed by atoms with Gasteiger partial charge in [-0.25, -0.2) is 9.97 Å². The van der Waals surface area contributed by atoms with Crippen molar-refractivity contribution in [3.8, 4) is 67.5 Å². The Balaban J connectivity index is 1.09. The molecule has 0 radical (unpaired) electrons. The Morgan fingerprint density at radius 3 is 1.69 bits per heavy atom. The molecule has 3 nitrogen and oxygen atoms in total. The standard InChI is InChI=1S/C49H30N2O/c1-3-14-32(15-4-1)42-30-43(51-48(50-42)34-16-5-2-6-17-34)33-28-26-31(27-29-33)35-21-13-24-41-45(35)36-18-7-10-22-39(36)49(41)40-23-11-8-19-37(40)47-46(49)38-20-9-12-25-44(38)52-47/h1-30H. The molecule has 0 saturated carbocycles. The highest BCUT2D eigenvalue weighted by Gasteiger charge is 2.54. The lowest BCUT2D eigenvalue weighted by atomic mass is 9.70. The maximum absolute atomic E-state index is 6.69. The number of fused-ring (bicyclic) bond motifs is 12. The van der Waals surface area contributed by atoms with E-state index in [0.29, 0.717) is 5.82 Å².